The lowest BCUT2D eigenvalue weighted by molar-refractivity contribution is 0.0746. The molecule has 4 aromatic rings. The van der Waals surface area contributed by atoms with Gasteiger partial charge in [0.15, 0.2) is 0 Å². The Morgan fingerprint density at radius 3 is 2.42 bits per heavy atom. The number of anilines is 1. The van der Waals surface area contributed by atoms with Crippen LogP contribution in [-0.4, -0.2) is 47.0 Å². The lowest BCUT2D eigenvalue weighted by Crippen LogP contribution is -2.49. The number of fused-ring (bicyclic) bond motifs is 1. The molecule has 0 bridgehead atoms. The van der Waals surface area contributed by atoms with E-state index in [1.54, 1.807) is 18.5 Å². The second-order valence-electron chi connectivity index (χ2n) is 7.93. The van der Waals surface area contributed by atoms with Crippen molar-refractivity contribution in [2.45, 2.75) is 6.92 Å². The minimum Gasteiger partial charge on any atom is -0.353 e. The molecule has 1 saturated heterocycles. The summed E-state index contributed by atoms with van der Waals surface area (Å²) in [4.78, 5) is 26.0. The van der Waals surface area contributed by atoms with Crippen LogP contribution in [0.1, 0.15) is 15.9 Å². The van der Waals surface area contributed by atoms with E-state index in [4.69, 9.17) is 4.98 Å². The largest absolute Gasteiger partial charge is 0.353 e. The first-order chi connectivity index (χ1) is 15.2. The van der Waals surface area contributed by atoms with Crippen molar-refractivity contribution in [2.75, 3.05) is 31.1 Å². The van der Waals surface area contributed by atoms with Gasteiger partial charge in [0.05, 0.1) is 11.1 Å². The number of nitrogens with zero attached hydrogens (tertiary/aromatic N) is 4. The minimum atomic E-state index is 0.0425. The third-order valence-electron chi connectivity index (χ3n) is 5.87. The summed E-state index contributed by atoms with van der Waals surface area (Å²) in [6, 6.07) is 22.7. The summed E-state index contributed by atoms with van der Waals surface area (Å²) in [5.41, 5.74) is 5.22. The normalized spacial score (nSPS) is 14.1. The van der Waals surface area contributed by atoms with Gasteiger partial charge < -0.3 is 9.80 Å². The maximum atomic E-state index is 12.7. The van der Waals surface area contributed by atoms with E-state index in [0.717, 1.165) is 35.4 Å². The van der Waals surface area contributed by atoms with Crippen molar-refractivity contribution in [3.8, 4) is 11.1 Å². The van der Waals surface area contributed by atoms with Gasteiger partial charge in [-0.2, -0.15) is 0 Å². The highest BCUT2D eigenvalue weighted by Gasteiger charge is 2.23. The molecule has 0 saturated carbocycles. The number of carbonyl (C=O) groups is 1. The molecule has 5 rings (SSSR count). The standard InChI is InChI=1S/C26H24N4O/c1-19-7-9-20(10-8-19)23-6-2-4-21-11-12-24(28-25(21)23)29-14-16-30(17-15-29)26(31)22-5-3-13-27-18-22/h2-13,18H,14-17H2,1H3. The van der Waals surface area contributed by atoms with Crippen LogP contribution >= 0.6 is 0 Å². The van der Waals surface area contributed by atoms with Crippen molar-refractivity contribution in [1.29, 1.82) is 0 Å². The monoisotopic (exact) mass is 408 g/mol. The molecule has 0 atom stereocenters. The fraction of sp³-hybridized carbons (Fsp3) is 0.192. The molecule has 0 radical (unpaired) electrons. The highest BCUT2D eigenvalue weighted by Crippen LogP contribution is 2.29. The molecule has 1 aliphatic rings. The number of aromatic nitrogens is 2. The van der Waals surface area contributed by atoms with Crippen molar-refractivity contribution >= 4 is 22.6 Å². The Hall–Kier alpha value is -3.73. The van der Waals surface area contributed by atoms with E-state index in [0.29, 0.717) is 18.7 Å². The third-order valence-corrected chi connectivity index (χ3v) is 5.87. The fourth-order valence-electron chi connectivity index (χ4n) is 4.09. The molecule has 31 heavy (non-hydrogen) atoms. The summed E-state index contributed by atoms with van der Waals surface area (Å²) in [5.74, 6) is 1.00. The van der Waals surface area contributed by atoms with Crippen LogP contribution in [0.3, 0.4) is 0 Å². The van der Waals surface area contributed by atoms with E-state index >= 15 is 0 Å². The van der Waals surface area contributed by atoms with Crippen molar-refractivity contribution < 1.29 is 4.79 Å². The van der Waals surface area contributed by atoms with Crippen LogP contribution in [0.4, 0.5) is 5.82 Å². The summed E-state index contributed by atoms with van der Waals surface area (Å²) < 4.78 is 0. The predicted molar refractivity (Wildman–Crippen MR) is 124 cm³/mol. The molecule has 1 fully saturated rings. The Balaban J connectivity index is 1.38. The average molecular weight is 409 g/mol. The first-order valence-electron chi connectivity index (χ1n) is 10.6. The zero-order valence-electron chi connectivity index (χ0n) is 17.5. The summed E-state index contributed by atoms with van der Waals surface area (Å²) in [6.07, 6.45) is 3.32. The van der Waals surface area contributed by atoms with E-state index in [1.165, 1.54) is 11.1 Å². The van der Waals surface area contributed by atoms with Gasteiger partial charge in [-0.1, -0.05) is 48.0 Å². The number of hydrogen-bond acceptors (Lipinski definition) is 4. The van der Waals surface area contributed by atoms with Crippen LogP contribution in [0.25, 0.3) is 22.0 Å². The first kappa shape index (κ1) is 19.2. The van der Waals surface area contributed by atoms with Gasteiger partial charge in [-0.3, -0.25) is 9.78 Å². The lowest BCUT2D eigenvalue weighted by Gasteiger charge is -2.35. The number of amides is 1. The minimum absolute atomic E-state index is 0.0425. The number of pyridine rings is 2. The highest BCUT2D eigenvalue weighted by molar-refractivity contribution is 5.95. The molecular weight excluding hydrogens is 384 g/mol. The zero-order chi connectivity index (χ0) is 21.2. The van der Waals surface area contributed by atoms with Gasteiger partial charge >= 0.3 is 0 Å². The third kappa shape index (κ3) is 3.87. The van der Waals surface area contributed by atoms with Crippen LogP contribution in [0.5, 0.6) is 0 Å². The molecule has 0 N–H and O–H groups in total. The van der Waals surface area contributed by atoms with Crippen molar-refractivity contribution in [3.05, 3.63) is 90.3 Å². The Kier molecular flexibility index (Phi) is 5.08. The quantitative estimate of drug-likeness (QED) is 0.498. The lowest BCUT2D eigenvalue weighted by atomic mass is 10.0. The molecule has 154 valence electrons. The molecule has 5 heteroatoms. The van der Waals surface area contributed by atoms with Gasteiger partial charge in [-0.25, -0.2) is 4.98 Å². The van der Waals surface area contributed by atoms with E-state index < -0.39 is 0 Å². The van der Waals surface area contributed by atoms with E-state index in [1.807, 2.05) is 11.0 Å². The summed E-state index contributed by atoms with van der Waals surface area (Å²) in [5, 5.41) is 1.13. The molecule has 1 aliphatic heterocycles. The number of benzene rings is 2. The summed E-state index contributed by atoms with van der Waals surface area (Å²) in [6.45, 7) is 4.97. The van der Waals surface area contributed by atoms with E-state index in [2.05, 4.69) is 71.4 Å². The Morgan fingerprint density at radius 1 is 0.871 bits per heavy atom. The second kappa shape index (κ2) is 8.19. The number of rotatable bonds is 3. The van der Waals surface area contributed by atoms with Gasteiger partial charge in [0, 0.05) is 49.5 Å². The SMILES string of the molecule is Cc1ccc(-c2cccc3ccc(N4CCN(C(=O)c5cccnc5)CC4)nc23)cc1. The molecular formula is C26H24N4O. The van der Waals surface area contributed by atoms with Crippen molar-refractivity contribution in [1.82, 2.24) is 14.9 Å². The summed E-state index contributed by atoms with van der Waals surface area (Å²) >= 11 is 0. The molecule has 0 unspecified atom stereocenters. The number of carbonyl (C=O) groups excluding carboxylic acids is 1. The van der Waals surface area contributed by atoms with Gasteiger partial charge in [0.2, 0.25) is 0 Å². The number of para-hydroxylation sites is 1. The van der Waals surface area contributed by atoms with E-state index in [9.17, 15) is 4.79 Å². The van der Waals surface area contributed by atoms with Gasteiger partial charge in [-0.15, -0.1) is 0 Å². The number of hydrogen-bond donors (Lipinski definition) is 0. The molecule has 0 spiro atoms. The molecule has 0 aliphatic carbocycles. The number of aryl methyl sites for hydroxylation is 1. The molecule has 1 amide bonds. The van der Waals surface area contributed by atoms with Crippen LogP contribution in [0, 0.1) is 6.92 Å². The molecule has 5 nitrogen and oxygen atoms in total. The maximum Gasteiger partial charge on any atom is 0.255 e. The first-order valence-corrected chi connectivity index (χ1v) is 10.6. The van der Waals surface area contributed by atoms with Crippen LogP contribution in [0.2, 0.25) is 0 Å². The Morgan fingerprint density at radius 2 is 1.68 bits per heavy atom. The van der Waals surface area contributed by atoms with Crippen molar-refractivity contribution in [2.24, 2.45) is 0 Å². The molecule has 2 aromatic heterocycles. The topological polar surface area (TPSA) is 49.3 Å². The van der Waals surface area contributed by atoms with Gasteiger partial charge in [0.1, 0.15) is 5.82 Å². The van der Waals surface area contributed by atoms with E-state index in [-0.39, 0.29) is 5.91 Å². The Bertz CT molecular complexity index is 1210. The molecule has 2 aromatic carbocycles. The van der Waals surface area contributed by atoms with Crippen LogP contribution in [0.15, 0.2) is 79.1 Å². The highest BCUT2D eigenvalue weighted by atomic mass is 16.2. The van der Waals surface area contributed by atoms with Gasteiger partial charge in [0.25, 0.3) is 5.91 Å². The Labute approximate surface area is 182 Å². The van der Waals surface area contributed by atoms with Crippen LogP contribution in [-0.2, 0) is 0 Å². The summed E-state index contributed by atoms with van der Waals surface area (Å²) in [7, 11) is 0. The smallest absolute Gasteiger partial charge is 0.255 e. The predicted octanol–water partition coefficient (Wildman–Crippen LogP) is 4.57. The zero-order valence-corrected chi connectivity index (χ0v) is 17.5. The number of piperazine rings is 1. The maximum absolute atomic E-state index is 12.7. The molecule has 3 heterocycles. The van der Waals surface area contributed by atoms with Gasteiger partial charge in [-0.05, 0) is 36.8 Å². The average Bonchev–Trinajstić information content (AvgIpc) is 2.84. The second-order valence-corrected chi connectivity index (χ2v) is 7.93. The fourth-order valence-corrected chi connectivity index (χ4v) is 4.09. The van der Waals surface area contributed by atoms with Crippen molar-refractivity contribution in [3.63, 3.8) is 0 Å². The van der Waals surface area contributed by atoms with Crippen LogP contribution < -0.4 is 4.90 Å².